The quantitative estimate of drug-likeness (QED) is 0.617. The second kappa shape index (κ2) is 7.30. The number of ether oxygens (including phenoxy) is 2. The van der Waals surface area contributed by atoms with Gasteiger partial charge in [0, 0.05) is 14.2 Å². The average molecular weight is 189 g/mol. The Kier molecular flexibility index (Phi) is 7.23. The highest BCUT2D eigenvalue weighted by atomic mass is 16.7. The number of nitrogens with one attached hydrogen (secondary N) is 1. The second-order valence-corrected chi connectivity index (χ2v) is 3.63. The third-order valence-electron chi connectivity index (χ3n) is 1.98. The van der Waals surface area contributed by atoms with Gasteiger partial charge in [0.05, 0.1) is 6.04 Å². The van der Waals surface area contributed by atoms with E-state index >= 15 is 0 Å². The largest absolute Gasteiger partial charge is 0.354 e. The predicted octanol–water partition coefficient (Wildman–Crippen LogP) is 1.63. The molecule has 1 N–H and O–H groups in total. The van der Waals surface area contributed by atoms with Crippen molar-refractivity contribution in [3.05, 3.63) is 0 Å². The van der Waals surface area contributed by atoms with E-state index in [-0.39, 0.29) is 6.29 Å². The summed E-state index contributed by atoms with van der Waals surface area (Å²) in [4.78, 5) is 0. The Morgan fingerprint density at radius 1 is 1.15 bits per heavy atom. The fourth-order valence-electron chi connectivity index (χ4n) is 1.49. The fraction of sp³-hybridized carbons (Fsp3) is 1.00. The Balaban J connectivity index is 4.03. The lowest BCUT2D eigenvalue weighted by Crippen LogP contribution is -2.42. The van der Waals surface area contributed by atoms with Gasteiger partial charge in [-0.2, -0.15) is 0 Å². The van der Waals surface area contributed by atoms with Crippen molar-refractivity contribution in [2.24, 2.45) is 5.92 Å². The molecule has 3 heteroatoms. The van der Waals surface area contributed by atoms with Crippen LogP contribution in [0.2, 0.25) is 0 Å². The number of hydrogen-bond donors (Lipinski definition) is 1. The fourth-order valence-corrected chi connectivity index (χ4v) is 1.49. The highest BCUT2D eigenvalue weighted by Gasteiger charge is 2.20. The molecule has 0 bridgehead atoms. The van der Waals surface area contributed by atoms with Gasteiger partial charge in [0.1, 0.15) is 0 Å². The summed E-state index contributed by atoms with van der Waals surface area (Å²) in [5.74, 6) is 0.650. The first kappa shape index (κ1) is 12.9. The van der Waals surface area contributed by atoms with Gasteiger partial charge < -0.3 is 14.8 Å². The molecule has 0 aromatic carbocycles. The summed E-state index contributed by atoms with van der Waals surface area (Å²) in [6.07, 6.45) is 0.933. The Hall–Kier alpha value is -0.120. The van der Waals surface area contributed by atoms with Gasteiger partial charge in [-0.3, -0.25) is 0 Å². The van der Waals surface area contributed by atoms with E-state index in [9.17, 15) is 0 Å². The van der Waals surface area contributed by atoms with Crippen LogP contribution in [0.15, 0.2) is 0 Å². The molecule has 0 rings (SSSR count). The van der Waals surface area contributed by atoms with Crippen molar-refractivity contribution in [2.45, 2.75) is 39.5 Å². The van der Waals surface area contributed by atoms with E-state index in [4.69, 9.17) is 9.47 Å². The van der Waals surface area contributed by atoms with Gasteiger partial charge in [-0.15, -0.1) is 0 Å². The molecule has 1 atom stereocenters. The van der Waals surface area contributed by atoms with E-state index in [1.165, 1.54) is 0 Å². The van der Waals surface area contributed by atoms with Gasteiger partial charge in [0.2, 0.25) is 0 Å². The summed E-state index contributed by atoms with van der Waals surface area (Å²) in [7, 11) is 3.36. The molecule has 0 spiro atoms. The van der Waals surface area contributed by atoms with Gasteiger partial charge >= 0.3 is 0 Å². The van der Waals surface area contributed by atoms with Crippen LogP contribution in [0.3, 0.4) is 0 Å². The summed E-state index contributed by atoms with van der Waals surface area (Å²) >= 11 is 0. The molecule has 0 radical (unpaired) electrons. The van der Waals surface area contributed by atoms with E-state index < -0.39 is 0 Å². The van der Waals surface area contributed by atoms with Crippen LogP contribution >= 0.6 is 0 Å². The summed E-state index contributed by atoms with van der Waals surface area (Å²) in [6.45, 7) is 7.44. The van der Waals surface area contributed by atoms with Crippen LogP contribution in [-0.2, 0) is 9.47 Å². The molecule has 13 heavy (non-hydrogen) atoms. The molecule has 0 heterocycles. The zero-order valence-electron chi connectivity index (χ0n) is 9.46. The summed E-state index contributed by atoms with van der Waals surface area (Å²) in [6, 6.07) is 0.292. The van der Waals surface area contributed by atoms with Crippen LogP contribution in [0.25, 0.3) is 0 Å². The molecule has 0 saturated carbocycles. The third-order valence-corrected chi connectivity index (χ3v) is 1.98. The normalized spacial score (nSPS) is 14.1. The van der Waals surface area contributed by atoms with Crippen LogP contribution < -0.4 is 5.32 Å². The van der Waals surface area contributed by atoms with Gasteiger partial charge in [-0.25, -0.2) is 0 Å². The van der Waals surface area contributed by atoms with E-state index in [1.54, 1.807) is 14.2 Å². The van der Waals surface area contributed by atoms with Crippen molar-refractivity contribution < 1.29 is 9.47 Å². The highest BCUT2D eigenvalue weighted by molar-refractivity contribution is 4.71. The van der Waals surface area contributed by atoms with Gasteiger partial charge in [0.15, 0.2) is 6.29 Å². The molecule has 0 amide bonds. The third kappa shape index (κ3) is 5.24. The second-order valence-electron chi connectivity index (χ2n) is 3.63. The first-order chi connectivity index (χ1) is 6.15. The number of methoxy groups -OCH3 is 2. The Labute approximate surface area is 81.8 Å². The molecule has 0 aliphatic carbocycles. The lowest BCUT2D eigenvalue weighted by molar-refractivity contribution is -0.125. The molecule has 1 unspecified atom stereocenters. The van der Waals surface area contributed by atoms with Crippen LogP contribution in [0, 0.1) is 5.92 Å². The maximum Gasteiger partial charge on any atom is 0.171 e. The predicted molar refractivity (Wildman–Crippen MR) is 54.7 cm³/mol. The van der Waals surface area contributed by atoms with Crippen LogP contribution in [0.4, 0.5) is 0 Å². The number of hydrogen-bond acceptors (Lipinski definition) is 3. The topological polar surface area (TPSA) is 30.5 Å². The Bertz CT molecular complexity index is 113. The van der Waals surface area contributed by atoms with Crippen molar-refractivity contribution in [3.8, 4) is 0 Å². The summed E-state index contributed by atoms with van der Waals surface area (Å²) in [5, 5.41) is 3.37. The Morgan fingerprint density at radius 2 is 1.69 bits per heavy atom. The molecule has 0 aromatic rings. The van der Waals surface area contributed by atoms with Crippen LogP contribution in [0.5, 0.6) is 0 Å². The van der Waals surface area contributed by atoms with E-state index in [1.807, 2.05) is 0 Å². The monoisotopic (exact) mass is 189 g/mol. The van der Waals surface area contributed by atoms with Gasteiger partial charge in [-0.1, -0.05) is 20.8 Å². The van der Waals surface area contributed by atoms with Crippen molar-refractivity contribution in [1.82, 2.24) is 5.32 Å². The molecule has 0 saturated heterocycles. The summed E-state index contributed by atoms with van der Waals surface area (Å²) < 4.78 is 10.5. The van der Waals surface area contributed by atoms with Crippen LogP contribution in [-0.4, -0.2) is 33.1 Å². The highest BCUT2D eigenvalue weighted by Crippen LogP contribution is 2.10. The molecule has 0 fully saturated rings. The molecule has 0 aliphatic heterocycles. The zero-order valence-corrected chi connectivity index (χ0v) is 9.46. The van der Waals surface area contributed by atoms with Crippen molar-refractivity contribution >= 4 is 0 Å². The molecule has 3 nitrogen and oxygen atoms in total. The maximum atomic E-state index is 5.23. The minimum absolute atomic E-state index is 0.137. The Morgan fingerprint density at radius 3 is 2.00 bits per heavy atom. The average Bonchev–Trinajstić information content (AvgIpc) is 2.05. The molecular weight excluding hydrogens is 166 g/mol. The maximum absolute atomic E-state index is 5.23. The number of rotatable bonds is 7. The standard InChI is InChI=1S/C10H23NO2/c1-6-11-9(7-8(2)3)10(12-4)13-5/h8-11H,6-7H2,1-5H3. The van der Waals surface area contributed by atoms with E-state index in [2.05, 4.69) is 26.1 Å². The molecule has 0 aromatic heterocycles. The van der Waals surface area contributed by atoms with Crippen molar-refractivity contribution in [3.63, 3.8) is 0 Å². The zero-order chi connectivity index (χ0) is 10.3. The molecular formula is C10H23NO2. The SMILES string of the molecule is CCNC(CC(C)C)C(OC)OC. The lowest BCUT2D eigenvalue weighted by atomic mass is 10.0. The van der Waals surface area contributed by atoms with Crippen molar-refractivity contribution in [1.29, 1.82) is 0 Å². The first-order valence-corrected chi connectivity index (χ1v) is 4.94. The van der Waals surface area contributed by atoms with E-state index in [0.29, 0.717) is 12.0 Å². The van der Waals surface area contributed by atoms with Crippen LogP contribution in [0.1, 0.15) is 27.2 Å². The van der Waals surface area contributed by atoms with Gasteiger partial charge in [0.25, 0.3) is 0 Å². The molecule has 80 valence electrons. The minimum Gasteiger partial charge on any atom is -0.354 e. The van der Waals surface area contributed by atoms with Crippen molar-refractivity contribution in [2.75, 3.05) is 20.8 Å². The first-order valence-electron chi connectivity index (χ1n) is 4.94. The van der Waals surface area contributed by atoms with Gasteiger partial charge in [-0.05, 0) is 18.9 Å². The summed E-state index contributed by atoms with van der Waals surface area (Å²) in [5.41, 5.74) is 0. The minimum atomic E-state index is -0.137. The smallest absolute Gasteiger partial charge is 0.171 e. The number of likely N-dealkylation sites (N-methyl/N-ethyl adjacent to an activating group) is 1. The molecule has 0 aliphatic rings. The van der Waals surface area contributed by atoms with E-state index in [0.717, 1.165) is 13.0 Å². The lowest BCUT2D eigenvalue weighted by Gasteiger charge is -2.26.